The lowest BCUT2D eigenvalue weighted by Gasteiger charge is -2.28. The number of amides is 1. The van der Waals surface area contributed by atoms with Crippen molar-refractivity contribution in [1.82, 2.24) is 10.3 Å². The van der Waals surface area contributed by atoms with Crippen molar-refractivity contribution in [3.63, 3.8) is 0 Å². The summed E-state index contributed by atoms with van der Waals surface area (Å²) in [7, 11) is 0. The molecular formula is C26H23N5O3S2. The molecule has 0 atom stereocenters. The Kier molecular flexibility index (Phi) is 6.88. The molecule has 4 aromatic rings. The molecule has 1 aliphatic rings. The second kappa shape index (κ2) is 10.4. The third-order valence-corrected chi connectivity index (χ3v) is 7.09. The molecule has 1 aliphatic heterocycles. The predicted molar refractivity (Wildman–Crippen MR) is 148 cm³/mol. The highest BCUT2D eigenvalue weighted by Crippen LogP contribution is 2.31. The first-order valence-corrected chi connectivity index (χ1v) is 12.9. The van der Waals surface area contributed by atoms with Gasteiger partial charge in [-0.1, -0.05) is 36.4 Å². The number of aromatic nitrogens is 1. The van der Waals surface area contributed by atoms with Crippen molar-refractivity contribution in [3.8, 4) is 11.3 Å². The number of nitro benzene ring substituents is 1. The highest BCUT2D eigenvalue weighted by molar-refractivity contribution is 7.80. The van der Waals surface area contributed by atoms with Crippen LogP contribution in [0.4, 0.5) is 16.5 Å². The minimum Gasteiger partial charge on any atom is -0.366 e. The largest absolute Gasteiger partial charge is 0.366 e. The zero-order valence-corrected chi connectivity index (χ0v) is 20.9. The molecule has 10 heteroatoms. The van der Waals surface area contributed by atoms with E-state index in [0.717, 1.165) is 54.4 Å². The van der Waals surface area contributed by atoms with E-state index >= 15 is 0 Å². The van der Waals surface area contributed by atoms with Crippen LogP contribution < -0.4 is 15.5 Å². The van der Waals surface area contributed by atoms with Crippen LogP contribution in [0.1, 0.15) is 29.6 Å². The summed E-state index contributed by atoms with van der Waals surface area (Å²) in [6, 6.07) is 18.8. The third-order valence-electron chi connectivity index (χ3n) is 6.13. The fourth-order valence-electron chi connectivity index (χ4n) is 4.33. The summed E-state index contributed by atoms with van der Waals surface area (Å²) >= 11 is 6.66. The van der Waals surface area contributed by atoms with E-state index in [1.165, 1.54) is 17.4 Å². The summed E-state index contributed by atoms with van der Waals surface area (Å²) in [4.78, 5) is 30.6. The van der Waals surface area contributed by atoms with Crippen molar-refractivity contribution in [2.75, 3.05) is 23.3 Å². The standard InChI is InChI=1S/C26H23N5O3S2/c32-24(20-10-11-22(23(15-20)31(33)34)30-12-4-1-5-13-30)28-25(35)29-26-27-21(16-36-26)19-9-8-17-6-2-3-7-18(17)14-19/h2-3,6-11,14-16H,1,4-5,12-13H2,(H2,27,28,29,32,35). The molecule has 0 saturated carbocycles. The maximum absolute atomic E-state index is 12.8. The van der Waals surface area contributed by atoms with Crippen LogP contribution >= 0.6 is 23.6 Å². The summed E-state index contributed by atoms with van der Waals surface area (Å²) in [5.74, 6) is -0.521. The van der Waals surface area contributed by atoms with Crippen molar-refractivity contribution in [2.45, 2.75) is 19.3 Å². The van der Waals surface area contributed by atoms with Crippen molar-refractivity contribution in [1.29, 1.82) is 0 Å². The van der Waals surface area contributed by atoms with Gasteiger partial charge in [-0.2, -0.15) is 0 Å². The molecule has 1 fully saturated rings. The molecule has 0 unspecified atom stereocenters. The number of thiazole rings is 1. The Balaban J connectivity index is 1.26. The number of rotatable bonds is 5. The summed E-state index contributed by atoms with van der Waals surface area (Å²) in [5.41, 5.74) is 2.41. The van der Waals surface area contributed by atoms with Crippen LogP contribution in [-0.2, 0) is 0 Å². The van der Waals surface area contributed by atoms with Gasteiger partial charge in [0, 0.05) is 35.7 Å². The monoisotopic (exact) mass is 517 g/mol. The lowest BCUT2D eigenvalue weighted by molar-refractivity contribution is -0.384. The number of hydrogen-bond acceptors (Lipinski definition) is 7. The maximum Gasteiger partial charge on any atom is 0.293 e. The highest BCUT2D eigenvalue weighted by Gasteiger charge is 2.23. The Morgan fingerprint density at radius 1 is 1.03 bits per heavy atom. The van der Waals surface area contributed by atoms with Crippen LogP contribution in [0.25, 0.3) is 22.0 Å². The third kappa shape index (κ3) is 5.19. The van der Waals surface area contributed by atoms with Gasteiger partial charge in [-0.25, -0.2) is 4.98 Å². The number of thiocarbonyl (C=S) groups is 1. The van der Waals surface area contributed by atoms with Gasteiger partial charge in [0.25, 0.3) is 11.6 Å². The summed E-state index contributed by atoms with van der Waals surface area (Å²) in [6.45, 7) is 1.55. The minimum atomic E-state index is -0.521. The van der Waals surface area contributed by atoms with E-state index in [2.05, 4.69) is 39.9 Å². The van der Waals surface area contributed by atoms with E-state index in [4.69, 9.17) is 12.2 Å². The fourth-order valence-corrected chi connectivity index (χ4v) is 5.31. The smallest absolute Gasteiger partial charge is 0.293 e. The molecule has 0 radical (unpaired) electrons. The van der Waals surface area contributed by atoms with Gasteiger partial charge >= 0.3 is 0 Å². The van der Waals surface area contributed by atoms with E-state index in [1.807, 2.05) is 28.5 Å². The topological polar surface area (TPSA) is 100 Å². The molecule has 36 heavy (non-hydrogen) atoms. The predicted octanol–water partition coefficient (Wildman–Crippen LogP) is 5.99. The van der Waals surface area contributed by atoms with E-state index in [-0.39, 0.29) is 16.4 Å². The number of benzene rings is 3. The average Bonchev–Trinajstić information content (AvgIpc) is 3.36. The van der Waals surface area contributed by atoms with Gasteiger partial charge in [-0.15, -0.1) is 11.3 Å². The molecule has 5 rings (SSSR count). The molecule has 0 spiro atoms. The summed E-state index contributed by atoms with van der Waals surface area (Å²) in [6.07, 6.45) is 3.12. The molecular weight excluding hydrogens is 494 g/mol. The number of anilines is 2. The normalized spacial score (nSPS) is 13.4. The highest BCUT2D eigenvalue weighted by atomic mass is 32.1. The van der Waals surface area contributed by atoms with Crippen LogP contribution in [-0.4, -0.2) is 34.0 Å². The molecule has 1 saturated heterocycles. The number of fused-ring (bicyclic) bond motifs is 1. The van der Waals surface area contributed by atoms with Gasteiger partial charge in [0.05, 0.1) is 10.6 Å². The zero-order chi connectivity index (χ0) is 25.1. The Bertz CT molecular complexity index is 1460. The van der Waals surface area contributed by atoms with Gasteiger partial charge in [0.2, 0.25) is 0 Å². The minimum absolute atomic E-state index is 0.0715. The van der Waals surface area contributed by atoms with E-state index in [0.29, 0.717) is 10.8 Å². The number of nitrogens with one attached hydrogen (secondary N) is 2. The molecule has 2 heterocycles. The van der Waals surface area contributed by atoms with Gasteiger partial charge in [-0.3, -0.25) is 20.2 Å². The average molecular weight is 518 g/mol. The second-order valence-electron chi connectivity index (χ2n) is 8.52. The Morgan fingerprint density at radius 2 is 1.81 bits per heavy atom. The number of piperidine rings is 1. The second-order valence-corrected chi connectivity index (χ2v) is 9.78. The summed E-state index contributed by atoms with van der Waals surface area (Å²) < 4.78 is 0. The number of nitrogens with zero attached hydrogens (tertiary/aromatic N) is 3. The van der Waals surface area contributed by atoms with Crippen molar-refractivity contribution >= 4 is 61.9 Å². The Labute approximate surface area is 217 Å². The van der Waals surface area contributed by atoms with Crippen LogP contribution in [0.15, 0.2) is 66.0 Å². The molecule has 8 nitrogen and oxygen atoms in total. The SMILES string of the molecule is O=C(NC(=S)Nc1nc(-c2ccc3ccccc3c2)cs1)c1ccc(N2CCCCC2)c([N+](=O)[O-])c1. The molecule has 0 aliphatic carbocycles. The molecule has 3 aromatic carbocycles. The van der Waals surface area contributed by atoms with Crippen LogP contribution in [0, 0.1) is 10.1 Å². The molecule has 1 amide bonds. The lowest BCUT2D eigenvalue weighted by atomic mass is 10.1. The van der Waals surface area contributed by atoms with E-state index in [1.54, 1.807) is 12.1 Å². The van der Waals surface area contributed by atoms with E-state index in [9.17, 15) is 14.9 Å². The van der Waals surface area contributed by atoms with Gasteiger partial charge in [0.1, 0.15) is 5.69 Å². The molecule has 0 bridgehead atoms. The molecule has 182 valence electrons. The first-order valence-electron chi connectivity index (χ1n) is 11.6. The van der Waals surface area contributed by atoms with Crippen molar-refractivity contribution in [2.24, 2.45) is 0 Å². The number of hydrogen-bond donors (Lipinski definition) is 2. The van der Waals surface area contributed by atoms with Crippen molar-refractivity contribution < 1.29 is 9.72 Å². The Morgan fingerprint density at radius 3 is 2.58 bits per heavy atom. The van der Waals surface area contributed by atoms with Gasteiger partial charge in [0.15, 0.2) is 10.2 Å². The lowest BCUT2D eigenvalue weighted by Crippen LogP contribution is -2.34. The van der Waals surface area contributed by atoms with Crippen molar-refractivity contribution in [3.05, 3.63) is 81.7 Å². The molecule has 2 N–H and O–H groups in total. The summed E-state index contributed by atoms with van der Waals surface area (Å²) in [5, 5.41) is 22.0. The first-order chi connectivity index (χ1) is 17.5. The van der Waals surface area contributed by atoms with Crippen LogP contribution in [0.3, 0.4) is 0 Å². The number of carbonyl (C=O) groups is 1. The zero-order valence-electron chi connectivity index (χ0n) is 19.3. The van der Waals surface area contributed by atoms with Crippen LogP contribution in [0.5, 0.6) is 0 Å². The first kappa shape index (κ1) is 23.8. The number of nitro groups is 1. The number of carbonyl (C=O) groups excluding carboxylic acids is 1. The van der Waals surface area contributed by atoms with Gasteiger partial charge < -0.3 is 10.2 Å². The fraction of sp³-hybridized carbons (Fsp3) is 0.192. The maximum atomic E-state index is 12.8. The van der Waals surface area contributed by atoms with E-state index < -0.39 is 10.8 Å². The van der Waals surface area contributed by atoms with Gasteiger partial charge in [-0.05, 0) is 60.5 Å². The van der Waals surface area contributed by atoms with Crippen LogP contribution in [0.2, 0.25) is 0 Å². The Hall–Kier alpha value is -3.89. The molecule has 1 aromatic heterocycles. The quantitative estimate of drug-likeness (QED) is 0.191.